The zero-order chi connectivity index (χ0) is 13.1. The van der Waals surface area contributed by atoms with E-state index in [4.69, 9.17) is 4.74 Å². The Morgan fingerprint density at radius 3 is 2.33 bits per heavy atom. The maximum Gasteiger partial charge on any atom is 0.150 e. The Morgan fingerprint density at radius 2 is 1.67 bits per heavy atom. The van der Waals surface area contributed by atoms with E-state index < -0.39 is 0 Å². The third-order valence-electron chi connectivity index (χ3n) is 3.24. The van der Waals surface area contributed by atoms with Gasteiger partial charge in [-0.1, -0.05) is 24.3 Å². The third kappa shape index (κ3) is 3.81. The minimum absolute atomic E-state index is 0. The van der Waals surface area contributed by atoms with Crippen molar-refractivity contribution in [3.8, 4) is 0 Å². The van der Waals surface area contributed by atoms with Gasteiger partial charge in [0.05, 0.1) is 13.2 Å². The van der Waals surface area contributed by atoms with E-state index in [1.165, 1.54) is 4.90 Å². The molecule has 5 nitrogen and oxygen atoms in total. The monoisotopic (exact) mass is 309 g/mol. The van der Waals surface area contributed by atoms with Crippen molar-refractivity contribution in [3.05, 3.63) is 42.0 Å². The average molecular weight is 309 g/mol. The fraction of sp³-hybridized carbons (Fsp3) is 0.267. The van der Waals surface area contributed by atoms with Crippen molar-refractivity contribution >= 4 is 29.0 Å². The van der Waals surface area contributed by atoms with Gasteiger partial charge in [0, 0.05) is 23.5 Å². The van der Waals surface area contributed by atoms with Crippen LogP contribution < -0.4 is 0 Å². The number of hydrogen-bond donors (Lipinski definition) is 0. The minimum Gasteiger partial charge on any atom is -0.412 e. The molecule has 0 spiro atoms. The smallest absolute Gasteiger partial charge is 0.150 e. The van der Waals surface area contributed by atoms with Crippen LogP contribution in [0.5, 0.6) is 0 Å². The van der Waals surface area contributed by atoms with E-state index in [1.807, 2.05) is 30.3 Å². The first-order valence-electron chi connectivity index (χ1n) is 6.36. The van der Waals surface area contributed by atoms with E-state index in [0.717, 1.165) is 48.9 Å². The Bertz CT molecular complexity index is 599. The van der Waals surface area contributed by atoms with Gasteiger partial charge >= 0.3 is 0 Å². The lowest BCUT2D eigenvalue weighted by Crippen LogP contribution is -2.30. The summed E-state index contributed by atoms with van der Waals surface area (Å²) in [6.07, 6.45) is 0.922. The third-order valence-corrected chi connectivity index (χ3v) is 4.42. The minimum atomic E-state index is 0. The summed E-state index contributed by atoms with van der Waals surface area (Å²) in [4.78, 5) is 12.3. The molecule has 1 saturated heterocycles. The van der Waals surface area contributed by atoms with Crippen LogP contribution in [-0.4, -0.2) is 47.8 Å². The Hall–Kier alpha value is -1.44. The molecule has 0 aliphatic carbocycles. The standard InChI is InChI=1S/C15H15NO2S.2H2O/c17-11-12-5-6-15(14-4-2-1-3-13(12)14)19-16-7-9-18-10-8-16;;/h1-6,11H,7-10H2;2*1H2. The van der Waals surface area contributed by atoms with Crippen LogP contribution in [0.2, 0.25) is 0 Å². The molecule has 0 radical (unpaired) electrons. The molecule has 2 aromatic carbocycles. The van der Waals surface area contributed by atoms with Crippen molar-refractivity contribution in [1.29, 1.82) is 0 Å². The molecule has 0 amide bonds. The highest BCUT2D eigenvalue weighted by Gasteiger charge is 2.14. The number of carbonyl (C=O) groups is 1. The van der Waals surface area contributed by atoms with Gasteiger partial charge in [-0.15, -0.1) is 0 Å². The highest BCUT2D eigenvalue weighted by molar-refractivity contribution is 7.97. The highest BCUT2D eigenvalue weighted by atomic mass is 32.2. The summed E-state index contributed by atoms with van der Waals surface area (Å²) in [6.45, 7) is 3.46. The molecule has 1 fully saturated rings. The number of rotatable bonds is 3. The molecular weight excluding hydrogens is 290 g/mol. The average Bonchev–Trinajstić information content (AvgIpc) is 2.49. The SMILES string of the molecule is O.O.O=Cc1ccc(SN2CCOCC2)c2ccccc12. The van der Waals surface area contributed by atoms with E-state index in [0.29, 0.717) is 0 Å². The summed E-state index contributed by atoms with van der Waals surface area (Å²) in [5.74, 6) is 0. The number of aldehydes is 1. The van der Waals surface area contributed by atoms with E-state index in [9.17, 15) is 4.79 Å². The second-order valence-corrected chi connectivity index (χ2v) is 5.59. The molecule has 0 unspecified atom stereocenters. The van der Waals surface area contributed by atoms with Crippen molar-refractivity contribution in [2.45, 2.75) is 4.90 Å². The summed E-state index contributed by atoms with van der Waals surface area (Å²) in [5, 5.41) is 2.17. The summed E-state index contributed by atoms with van der Waals surface area (Å²) in [5.41, 5.74) is 0.752. The van der Waals surface area contributed by atoms with Crippen molar-refractivity contribution in [1.82, 2.24) is 4.31 Å². The Morgan fingerprint density at radius 1 is 1.00 bits per heavy atom. The van der Waals surface area contributed by atoms with Gasteiger partial charge in [0.1, 0.15) is 0 Å². The van der Waals surface area contributed by atoms with Gasteiger partial charge in [0.25, 0.3) is 0 Å². The first kappa shape index (κ1) is 17.6. The van der Waals surface area contributed by atoms with Crippen LogP contribution in [-0.2, 0) is 4.74 Å². The van der Waals surface area contributed by atoms with Gasteiger partial charge in [-0.05, 0) is 34.9 Å². The molecule has 0 aromatic heterocycles. The molecule has 1 heterocycles. The number of benzene rings is 2. The molecular formula is C15H19NO4S. The van der Waals surface area contributed by atoms with Gasteiger partial charge in [-0.3, -0.25) is 4.79 Å². The molecule has 0 atom stereocenters. The normalized spacial score (nSPS) is 15.0. The first-order chi connectivity index (χ1) is 9.38. The largest absolute Gasteiger partial charge is 0.412 e. The van der Waals surface area contributed by atoms with Gasteiger partial charge in [-0.2, -0.15) is 0 Å². The van der Waals surface area contributed by atoms with Crippen LogP contribution in [0.3, 0.4) is 0 Å². The Kier molecular flexibility index (Phi) is 6.80. The van der Waals surface area contributed by atoms with Crippen LogP contribution in [0.25, 0.3) is 10.8 Å². The molecule has 21 heavy (non-hydrogen) atoms. The van der Waals surface area contributed by atoms with Gasteiger partial charge < -0.3 is 15.7 Å². The summed E-state index contributed by atoms with van der Waals surface area (Å²) in [7, 11) is 0. The van der Waals surface area contributed by atoms with Crippen molar-refractivity contribution in [2.24, 2.45) is 0 Å². The maximum absolute atomic E-state index is 11.1. The second kappa shape index (κ2) is 8.11. The lowest BCUT2D eigenvalue weighted by Gasteiger charge is -2.25. The molecule has 1 aliphatic rings. The fourth-order valence-electron chi connectivity index (χ4n) is 2.25. The van der Waals surface area contributed by atoms with Crippen LogP contribution in [0.15, 0.2) is 41.3 Å². The van der Waals surface area contributed by atoms with Crippen molar-refractivity contribution in [2.75, 3.05) is 26.3 Å². The molecule has 2 aromatic rings. The molecule has 6 heteroatoms. The van der Waals surface area contributed by atoms with Crippen molar-refractivity contribution < 1.29 is 20.5 Å². The van der Waals surface area contributed by atoms with Gasteiger partial charge in [-0.25, -0.2) is 4.31 Å². The van der Waals surface area contributed by atoms with Crippen LogP contribution >= 0.6 is 11.9 Å². The number of hydrogen-bond acceptors (Lipinski definition) is 4. The summed E-state index contributed by atoms with van der Waals surface area (Å²) in [6, 6.07) is 12.0. The highest BCUT2D eigenvalue weighted by Crippen LogP contribution is 2.32. The van der Waals surface area contributed by atoms with Crippen molar-refractivity contribution in [3.63, 3.8) is 0 Å². The van der Waals surface area contributed by atoms with E-state index in [-0.39, 0.29) is 11.0 Å². The first-order valence-corrected chi connectivity index (χ1v) is 7.13. The van der Waals surface area contributed by atoms with E-state index in [1.54, 1.807) is 11.9 Å². The Balaban J connectivity index is 0.00000110. The summed E-state index contributed by atoms with van der Waals surface area (Å²) < 4.78 is 7.67. The van der Waals surface area contributed by atoms with E-state index >= 15 is 0 Å². The van der Waals surface area contributed by atoms with E-state index in [2.05, 4.69) is 10.4 Å². The number of nitrogens with zero attached hydrogens (tertiary/aromatic N) is 1. The molecule has 0 bridgehead atoms. The molecule has 114 valence electrons. The molecule has 3 rings (SSSR count). The predicted octanol–water partition coefficient (Wildman–Crippen LogP) is 1.34. The quantitative estimate of drug-likeness (QED) is 0.632. The number of ether oxygens (including phenoxy) is 1. The zero-order valence-electron chi connectivity index (χ0n) is 11.5. The zero-order valence-corrected chi connectivity index (χ0v) is 12.4. The van der Waals surface area contributed by atoms with Crippen LogP contribution in [0.4, 0.5) is 0 Å². The fourth-order valence-corrected chi connectivity index (χ4v) is 3.27. The molecule has 1 aliphatic heterocycles. The second-order valence-electron chi connectivity index (χ2n) is 4.45. The Labute approximate surface area is 127 Å². The summed E-state index contributed by atoms with van der Waals surface area (Å²) >= 11 is 1.75. The number of carbonyl (C=O) groups excluding carboxylic acids is 1. The van der Waals surface area contributed by atoms with Gasteiger partial charge in [0.15, 0.2) is 6.29 Å². The van der Waals surface area contributed by atoms with Crippen LogP contribution in [0, 0.1) is 0 Å². The maximum atomic E-state index is 11.1. The van der Waals surface area contributed by atoms with Gasteiger partial charge in [0.2, 0.25) is 0 Å². The number of fused-ring (bicyclic) bond motifs is 1. The lowest BCUT2D eigenvalue weighted by molar-refractivity contribution is 0.0773. The number of morpholine rings is 1. The lowest BCUT2D eigenvalue weighted by atomic mass is 10.1. The van der Waals surface area contributed by atoms with Crippen LogP contribution in [0.1, 0.15) is 10.4 Å². The molecule has 4 N–H and O–H groups in total. The predicted molar refractivity (Wildman–Crippen MR) is 84.8 cm³/mol. The topological polar surface area (TPSA) is 92.5 Å². The molecule has 0 saturated carbocycles.